The Hall–Kier alpha value is -1.95. The quantitative estimate of drug-likeness (QED) is 0.720. The minimum absolute atomic E-state index is 0.0191. The standard InChI is InChI=1S/C13H13N3O2S/c1-7-4-10-12(19-7)14-6-16(13(10)17)5-11-8(2)15-18-9(11)3/h4,6H,5H2,1-3H3. The molecule has 3 heterocycles. The normalized spacial score (nSPS) is 11.3. The van der Waals surface area contributed by atoms with E-state index in [1.165, 1.54) is 11.3 Å². The van der Waals surface area contributed by atoms with Crippen molar-refractivity contribution in [3.05, 3.63) is 44.6 Å². The molecule has 0 aliphatic rings. The molecule has 0 spiro atoms. The number of aryl methyl sites for hydroxylation is 3. The van der Waals surface area contributed by atoms with Crippen molar-refractivity contribution < 1.29 is 4.52 Å². The second-order valence-electron chi connectivity index (χ2n) is 4.56. The fourth-order valence-electron chi connectivity index (χ4n) is 2.09. The van der Waals surface area contributed by atoms with Crippen molar-refractivity contribution in [3.8, 4) is 0 Å². The lowest BCUT2D eigenvalue weighted by atomic mass is 10.2. The lowest BCUT2D eigenvalue weighted by Crippen LogP contribution is -2.20. The summed E-state index contributed by atoms with van der Waals surface area (Å²) >= 11 is 1.53. The van der Waals surface area contributed by atoms with E-state index in [4.69, 9.17) is 4.52 Å². The third-order valence-electron chi connectivity index (χ3n) is 3.15. The summed E-state index contributed by atoms with van der Waals surface area (Å²) in [7, 11) is 0. The molecule has 98 valence electrons. The maximum Gasteiger partial charge on any atom is 0.262 e. The Balaban J connectivity index is 2.11. The summed E-state index contributed by atoms with van der Waals surface area (Å²) in [6.45, 7) is 6.14. The van der Waals surface area contributed by atoms with Crippen molar-refractivity contribution in [1.82, 2.24) is 14.7 Å². The molecule has 0 N–H and O–H groups in total. The minimum Gasteiger partial charge on any atom is -0.361 e. The van der Waals surface area contributed by atoms with E-state index in [2.05, 4.69) is 10.1 Å². The average molecular weight is 275 g/mol. The first-order chi connectivity index (χ1) is 9.06. The highest BCUT2D eigenvalue weighted by atomic mass is 32.1. The van der Waals surface area contributed by atoms with Crippen LogP contribution < -0.4 is 5.56 Å². The summed E-state index contributed by atoms with van der Waals surface area (Å²) < 4.78 is 6.71. The fourth-order valence-corrected chi connectivity index (χ4v) is 2.93. The van der Waals surface area contributed by atoms with E-state index in [0.717, 1.165) is 26.7 Å². The first kappa shape index (κ1) is 12.1. The van der Waals surface area contributed by atoms with Crippen LogP contribution in [0, 0.1) is 20.8 Å². The number of hydrogen-bond donors (Lipinski definition) is 0. The molecular weight excluding hydrogens is 262 g/mol. The van der Waals surface area contributed by atoms with Crippen LogP contribution in [0.4, 0.5) is 0 Å². The molecule has 0 atom stereocenters. The monoisotopic (exact) mass is 275 g/mol. The highest BCUT2D eigenvalue weighted by molar-refractivity contribution is 7.18. The molecule has 0 saturated carbocycles. The molecule has 5 nitrogen and oxygen atoms in total. The first-order valence-corrected chi connectivity index (χ1v) is 6.75. The highest BCUT2D eigenvalue weighted by Crippen LogP contribution is 2.20. The van der Waals surface area contributed by atoms with Gasteiger partial charge in [0.25, 0.3) is 5.56 Å². The highest BCUT2D eigenvalue weighted by Gasteiger charge is 2.12. The van der Waals surface area contributed by atoms with Gasteiger partial charge in [-0.2, -0.15) is 0 Å². The average Bonchev–Trinajstić information content (AvgIpc) is 2.89. The summed E-state index contributed by atoms with van der Waals surface area (Å²) in [5.74, 6) is 0.742. The minimum atomic E-state index is -0.0191. The number of thiophene rings is 1. The van der Waals surface area contributed by atoms with Gasteiger partial charge in [0, 0.05) is 10.4 Å². The zero-order valence-corrected chi connectivity index (χ0v) is 11.7. The Morgan fingerprint density at radius 1 is 1.37 bits per heavy atom. The van der Waals surface area contributed by atoms with Crippen LogP contribution in [0.3, 0.4) is 0 Å². The Kier molecular flexibility index (Phi) is 2.74. The van der Waals surface area contributed by atoms with Gasteiger partial charge in [-0.15, -0.1) is 11.3 Å². The van der Waals surface area contributed by atoms with Gasteiger partial charge in [-0.1, -0.05) is 5.16 Å². The molecule has 3 rings (SSSR count). The molecule has 0 amide bonds. The molecule has 19 heavy (non-hydrogen) atoms. The van der Waals surface area contributed by atoms with Crippen LogP contribution in [0.15, 0.2) is 21.7 Å². The van der Waals surface area contributed by atoms with Crippen LogP contribution in [-0.2, 0) is 6.54 Å². The summed E-state index contributed by atoms with van der Waals surface area (Å²) in [5.41, 5.74) is 1.73. The molecular formula is C13H13N3O2S. The van der Waals surface area contributed by atoms with Crippen LogP contribution in [0.25, 0.3) is 10.2 Å². The van der Waals surface area contributed by atoms with Gasteiger partial charge in [-0.3, -0.25) is 9.36 Å². The SMILES string of the molecule is Cc1cc2c(=O)n(Cc3c(C)noc3C)cnc2s1. The van der Waals surface area contributed by atoms with Crippen molar-refractivity contribution in [2.45, 2.75) is 27.3 Å². The van der Waals surface area contributed by atoms with E-state index in [9.17, 15) is 4.79 Å². The Morgan fingerprint density at radius 2 is 2.16 bits per heavy atom. The lowest BCUT2D eigenvalue weighted by Gasteiger charge is -2.04. The molecule has 6 heteroatoms. The molecule has 0 unspecified atom stereocenters. The zero-order chi connectivity index (χ0) is 13.6. The topological polar surface area (TPSA) is 60.9 Å². The van der Waals surface area contributed by atoms with E-state index in [1.807, 2.05) is 26.8 Å². The molecule has 0 saturated heterocycles. The zero-order valence-electron chi connectivity index (χ0n) is 10.9. The van der Waals surface area contributed by atoms with Gasteiger partial charge in [0.1, 0.15) is 10.6 Å². The van der Waals surface area contributed by atoms with E-state index in [0.29, 0.717) is 11.9 Å². The van der Waals surface area contributed by atoms with Crippen LogP contribution >= 0.6 is 11.3 Å². The summed E-state index contributed by atoms with van der Waals surface area (Å²) in [4.78, 5) is 18.6. The van der Waals surface area contributed by atoms with E-state index in [1.54, 1.807) is 10.9 Å². The van der Waals surface area contributed by atoms with Gasteiger partial charge in [0.2, 0.25) is 0 Å². The maximum atomic E-state index is 12.4. The molecule has 0 aliphatic carbocycles. The van der Waals surface area contributed by atoms with Crippen molar-refractivity contribution >= 4 is 21.6 Å². The second-order valence-corrected chi connectivity index (χ2v) is 5.79. The van der Waals surface area contributed by atoms with E-state index < -0.39 is 0 Å². The van der Waals surface area contributed by atoms with Crippen LogP contribution in [-0.4, -0.2) is 14.7 Å². The van der Waals surface area contributed by atoms with Crippen LogP contribution in [0.1, 0.15) is 21.9 Å². The third kappa shape index (κ3) is 1.98. The predicted molar refractivity (Wildman–Crippen MR) is 73.7 cm³/mol. The van der Waals surface area contributed by atoms with Crippen molar-refractivity contribution in [3.63, 3.8) is 0 Å². The van der Waals surface area contributed by atoms with Gasteiger partial charge in [-0.25, -0.2) is 4.98 Å². The number of nitrogens with zero attached hydrogens (tertiary/aromatic N) is 3. The lowest BCUT2D eigenvalue weighted by molar-refractivity contribution is 0.392. The van der Waals surface area contributed by atoms with Crippen LogP contribution in [0.2, 0.25) is 0 Å². The van der Waals surface area contributed by atoms with E-state index >= 15 is 0 Å². The van der Waals surface area contributed by atoms with Gasteiger partial charge in [0.15, 0.2) is 0 Å². The van der Waals surface area contributed by atoms with E-state index in [-0.39, 0.29) is 5.56 Å². The fraction of sp³-hybridized carbons (Fsp3) is 0.308. The molecule has 0 aromatic carbocycles. The largest absolute Gasteiger partial charge is 0.361 e. The molecule has 0 bridgehead atoms. The van der Waals surface area contributed by atoms with Crippen molar-refractivity contribution in [2.75, 3.05) is 0 Å². The molecule has 0 radical (unpaired) electrons. The number of aromatic nitrogens is 3. The van der Waals surface area contributed by atoms with Gasteiger partial charge in [0.05, 0.1) is 24.0 Å². The Bertz CT molecular complexity index is 794. The van der Waals surface area contributed by atoms with Gasteiger partial charge in [-0.05, 0) is 26.8 Å². The number of hydrogen-bond acceptors (Lipinski definition) is 5. The molecule has 0 fully saturated rings. The molecule has 3 aromatic heterocycles. The smallest absolute Gasteiger partial charge is 0.262 e. The summed E-state index contributed by atoms with van der Waals surface area (Å²) in [6.07, 6.45) is 1.59. The third-order valence-corrected chi connectivity index (χ3v) is 4.11. The molecule has 3 aromatic rings. The van der Waals surface area contributed by atoms with Crippen LogP contribution in [0.5, 0.6) is 0 Å². The molecule has 0 aliphatic heterocycles. The summed E-state index contributed by atoms with van der Waals surface area (Å²) in [6, 6.07) is 1.89. The number of rotatable bonds is 2. The Labute approximate surface area is 113 Å². The Morgan fingerprint density at radius 3 is 2.84 bits per heavy atom. The number of fused-ring (bicyclic) bond motifs is 1. The van der Waals surface area contributed by atoms with Crippen molar-refractivity contribution in [2.24, 2.45) is 0 Å². The predicted octanol–water partition coefficient (Wildman–Crippen LogP) is 2.42. The maximum absolute atomic E-state index is 12.4. The van der Waals surface area contributed by atoms with Gasteiger partial charge < -0.3 is 4.52 Å². The summed E-state index contributed by atoms with van der Waals surface area (Å²) in [5, 5.41) is 4.58. The van der Waals surface area contributed by atoms with Gasteiger partial charge >= 0.3 is 0 Å². The second kappa shape index (κ2) is 4.31. The van der Waals surface area contributed by atoms with Crippen molar-refractivity contribution in [1.29, 1.82) is 0 Å². The first-order valence-electron chi connectivity index (χ1n) is 5.93.